The molecule has 1 heterocycles. The molecule has 70 valence electrons. The molecule has 3 heteroatoms. The lowest BCUT2D eigenvalue weighted by Gasteiger charge is -2.30. The standard InChI is InChI=1S/C9H16O3/c1-3-8(11)9(6-10)7(2)4-5-12-9/h6-8,11H,3-5H2,1-2H3/t7?,8-,9?/m0/s1. The van der Waals surface area contributed by atoms with Crippen LogP contribution in [0.4, 0.5) is 0 Å². The predicted molar refractivity (Wildman–Crippen MR) is 44.8 cm³/mol. The van der Waals surface area contributed by atoms with Crippen LogP contribution < -0.4 is 0 Å². The van der Waals surface area contributed by atoms with E-state index >= 15 is 0 Å². The quantitative estimate of drug-likeness (QED) is 0.639. The molecule has 0 aliphatic carbocycles. The molecule has 0 spiro atoms. The highest BCUT2D eigenvalue weighted by Crippen LogP contribution is 2.34. The second-order valence-electron chi connectivity index (χ2n) is 3.43. The minimum absolute atomic E-state index is 0.130. The average Bonchev–Trinajstić information content (AvgIpc) is 2.46. The van der Waals surface area contributed by atoms with E-state index in [9.17, 15) is 9.90 Å². The number of aldehydes is 1. The molecule has 0 amide bonds. The highest BCUT2D eigenvalue weighted by molar-refractivity contribution is 5.65. The van der Waals surface area contributed by atoms with Gasteiger partial charge in [0.15, 0.2) is 11.9 Å². The molecule has 1 aliphatic rings. The molecule has 0 aromatic heterocycles. The molecule has 1 N–H and O–H groups in total. The van der Waals surface area contributed by atoms with Crippen molar-refractivity contribution in [2.45, 2.75) is 38.4 Å². The molecule has 0 aromatic carbocycles. The minimum Gasteiger partial charge on any atom is -0.390 e. The van der Waals surface area contributed by atoms with Gasteiger partial charge < -0.3 is 14.6 Å². The van der Waals surface area contributed by atoms with Gasteiger partial charge in [0.05, 0.1) is 6.10 Å². The fourth-order valence-corrected chi connectivity index (χ4v) is 1.75. The first-order valence-corrected chi connectivity index (χ1v) is 4.45. The number of aliphatic hydroxyl groups is 1. The fraction of sp³-hybridized carbons (Fsp3) is 0.889. The topological polar surface area (TPSA) is 46.5 Å². The highest BCUT2D eigenvalue weighted by Gasteiger charge is 2.46. The molecule has 1 fully saturated rings. The van der Waals surface area contributed by atoms with Crippen molar-refractivity contribution in [2.75, 3.05) is 6.61 Å². The summed E-state index contributed by atoms with van der Waals surface area (Å²) in [5.74, 6) is 0.130. The van der Waals surface area contributed by atoms with Crippen molar-refractivity contribution < 1.29 is 14.6 Å². The van der Waals surface area contributed by atoms with Crippen LogP contribution in [0.3, 0.4) is 0 Å². The van der Waals surface area contributed by atoms with Crippen LogP contribution in [0.15, 0.2) is 0 Å². The van der Waals surface area contributed by atoms with Gasteiger partial charge in [-0.1, -0.05) is 13.8 Å². The van der Waals surface area contributed by atoms with Gasteiger partial charge in [0.2, 0.25) is 0 Å². The van der Waals surface area contributed by atoms with E-state index < -0.39 is 11.7 Å². The molecule has 0 aromatic rings. The summed E-state index contributed by atoms with van der Waals surface area (Å²) in [7, 11) is 0. The van der Waals surface area contributed by atoms with Gasteiger partial charge in [0, 0.05) is 6.61 Å². The lowest BCUT2D eigenvalue weighted by atomic mass is 9.84. The number of hydrogen-bond acceptors (Lipinski definition) is 3. The summed E-state index contributed by atoms with van der Waals surface area (Å²) in [5.41, 5.74) is -0.922. The second-order valence-corrected chi connectivity index (χ2v) is 3.43. The molecule has 0 saturated carbocycles. The molecule has 2 unspecified atom stereocenters. The van der Waals surface area contributed by atoms with E-state index in [1.165, 1.54) is 0 Å². The zero-order valence-electron chi connectivity index (χ0n) is 7.62. The fourth-order valence-electron chi connectivity index (χ4n) is 1.75. The summed E-state index contributed by atoms with van der Waals surface area (Å²) in [6.07, 6.45) is 1.52. The van der Waals surface area contributed by atoms with Gasteiger partial charge in [0.25, 0.3) is 0 Å². The minimum atomic E-state index is -0.922. The molecule has 3 nitrogen and oxygen atoms in total. The second kappa shape index (κ2) is 3.54. The van der Waals surface area contributed by atoms with Crippen molar-refractivity contribution in [2.24, 2.45) is 5.92 Å². The Morgan fingerprint density at radius 2 is 2.50 bits per heavy atom. The van der Waals surface area contributed by atoms with Gasteiger partial charge in [-0.15, -0.1) is 0 Å². The van der Waals surface area contributed by atoms with Crippen LogP contribution in [0.2, 0.25) is 0 Å². The third kappa shape index (κ3) is 1.27. The molecule has 1 saturated heterocycles. The molecule has 1 rings (SSSR count). The van der Waals surface area contributed by atoms with Crippen molar-refractivity contribution in [3.8, 4) is 0 Å². The summed E-state index contributed by atoms with van der Waals surface area (Å²) in [5, 5.41) is 9.62. The predicted octanol–water partition coefficient (Wildman–Crippen LogP) is 0.751. The van der Waals surface area contributed by atoms with Gasteiger partial charge in [0.1, 0.15) is 0 Å². The number of ether oxygens (including phenoxy) is 1. The maximum atomic E-state index is 10.9. The summed E-state index contributed by atoms with van der Waals surface area (Å²) in [6.45, 7) is 4.38. The van der Waals surface area contributed by atoms with Crippen LogP contribution in [0, 0.1) is 5.92 Å². The molecule has 1 aliphatic heterocycles. The monoisotopic (exact) mass is 172 g/mol. The Morgan fingerprint density at radius 1 is 1.83 bits per heavy atom. The van der Waals surface area contributed by atoms with Crippen molar-refractivity contribution >= 4 is 6.29 Å². The van der Waals surface area contributed by atoms with Crippen LogP contribution in [0.5, 0.6) is 0 Å². The van der Waals surface area contributed by atoms with Gasteiger partial charge in [-0.05, 0) is 18.8 Å². The smallest absolute Gasteiger partial charge is 0.154 e. The molecule has 0 radical (unpaired) electrons. The first-order chi connectivity index (χ1) is 5.67. The Labute approximate surface area is 72.7 Å². The number of carbonyl (C=O) groups excluding carboxylic acids is 1. The van der Waals surface area contributed by atoms with E-state index in [1.54, 1.807) is 0 Å². The molecular weight excluding hydrogens is 156 g/mol. The summed E-state index contributed by atoms with van der Waals surface area (Å²) >= 11 is 0. The van der Waals surface area contributed by atoms with Crippen LogP contribution in [0.25, 0.3) is 0 Å². The number of hydrogen-bond donors (Lipinski definition) is 1. The summed E-state index contributed by atoms with van der Waals surface area (Å²) in [4.78, 5) is 10.9. The average molecular weight is 172 g/mol. The largest absolute Gasteiger partial charge is 0.390 e. The molecule has 12 heavy (non-hydrogen) atoms. The van der Waals surface area contributed by atoms with Gasteiger partial charge in [-0.2, -0.15) is 0 Å². The maximum absolute atomic E-state index is 10.9. The van der Waals surface area contributed by atoms with Crippen molar-refractivity contribution in [1.82, 2.24) is 0 Å². The first kappa shape index (κ1) is 9.68. The maximum Gasteiger partial charge on any atom is 0.154 e. The van der Waals surface area contributed by atoms with E-state index in [0.29, 0.717) is 13.0 Å². The Bertz CT molecular complexity index is 169. The Balaban J connectivity index is 2.80. The lowest BCUT2D eigenvalue weighted by molar-refractivity contribution is -0.145. The Kier molecular flexibility index (Phi) is 2.85. The first-order valence-electron chi connectivity index (χ1n) is 4.45. The third-order valence-electron chi connectivity index (χ3n) is 2.76. The van der Waals surface area contributed by atoms with E-state index in [-0.39, 0.29) is 5.92 Å². The van der Waals surface area contributed by atoms with Crippen molar-refractivity contribution in [1.29, 1.82) is 0 Å². The summed E-state index contributed by atoms with van der Waals surface area (Å²) < 4.78 is 5.34. The summed E-state index contributed by atoms with van der Waals surface area (Å²) in [6, 6.07) is 0. The van der Waals surface area contributed by atoms with Gasteiger partial charge >= 0.3 is 0 Å². The van der Waals surface area contributed by atoms with E-state index in [1.807, 2.05) is 13.8 Å². The van der Waals surface area contributed by atoms with Crippen LogP contribution in [0.1, 0.15) is 26.7 Å². The van der Waals surface area contributed by atoms with Gasteiger partial charge in [-0.25, -0.2) is 0 Å². The molecule has 3 atom stereocenters. The third-order valence-corrected chi connectivity index (χ3v) is 2.76. The molecule has 0 bridgehead atoms. The van der Waals surface area contributed by atoms with E-state index in [0.717, 1.165) is 12.7 Å². The zero-order chi connectivity index (χ0) is 9.19. The van der Waals surface area contributed by atoms with Crippen LogP contribution in [-0.4, -0.2) is 29.7 Å². The SMILES string of the molecule is CC[C@H](O)C1(C=O)OCCC1C. The zero-order valence-corrected chi connectivity index (χ0v) is 7.62. The normalized spacial score (nSPS) is 38.1. The Hall–Kier alpha value is -0.410. The van der Waals surface area contributed by atoms with Crippen LogP contribution in [-0.2, 0) is 9.53 Å². The number of rotatable bonds is 3. The van der Waals surface area contributed by atoms with E-state index in [2.05, 4.69) is 0 Å². The van der Waals surface area contributed by atoms with Crippen LogP contribution >= 0.6 is 0 Å². The van der Waals surface area contributed by atoms with E-state index in [4.69, 9.17) is 4.74 Å². The number of carbonyl (C=O) groups is 1. The van der Waals surface area contributed by atoms with Gasteiger partial charge in [-0.3, -0.25) is 0 Å². The van der Waals surface area contributed by atoms with Crippen molar-refractivity contribution in [3.63, 3.8) is 0 Å². The highest BCUT2D eigenvalue weighted by atomic mass is 16.5. The lowest BCUT2D eigenvalue weighted by Crippen LogP contribution is -2.47. The molecular formula is C9H16O3. The number of aliphatic hydroxyl groups excluding tert-OH is 1. The van der Waals surface area contributed by atoms with Crippen molar-refractivity contribution in [3.05, 3.63) is 0 Å². The Morgan fingerprint density at radius 3 is 2.83 bits per heavy atom.